The summed E-state index contributed by atoms with van der Waals surface area (Å²) in [5.74, 6) is 0. The summed E-state index contributed by atoms with van der Waals surface area (Å²) in [6, 6.07) is 74.0. The lowest BCUT2D eigenvalue weighted by atomic mass is 9.91. The zero-order valence-corrected chi connectivity index (χ0v) is 27.5. The molecule has 0 unspecified atom stereocenters. The van der Waals surface area contributed by atoms with Crippen LogP contribution in [0, 0.1) is 0 Å². The summed E-state index contributed by atoms with van der Waals surface area (Å²) in [4.78, 5) is 4.64. The van der Waals surface area contributed by atoms with E-state index in [-0.39, 0.29) is 0 Å². The average molecular weight is 639 g/mol. The summed E-state index contributed by atoms with van der Waals surface area (Å²) >= 11 is 0. The fourth-order valence-electron chi connectivity index (χ4n) is 7.27. The SMILES string of the molecule is c1ccc(N(c2ccccc2)c2ccc(-c3ccc4c5ccc(N(c6ccccc6)c6ccccc6)cc5c5ccccc5c4c3)cc2)cc1. The predicted octanol–water partition coefficient (Wildman–Crippen LogP) is 13.8. The highest BCUT2D eigenvalue weighted by Crippen LogP contribution is 2.42. The van der Waals surface area contributed by atoms with Gasteiger partial charge in [-0.25, -0.2) is 0 Å². The third kappa shape index (κ3) is 5.34. The van der Waals surface area contributed by atoms with E-state index < -0.39 is 0 Å². The van der Waals surface area contributed by atoms with Gasteiger partial charge in [0, 0.05) is 34.1 Å². The Morgan fingerprint density at radius 3 is 1.00 bits per heavy atom. The molecule has 50 heavy (non-hydrogen) atoms. The van der Waals surface area contributed by atoms with Crippen LogP contribution in [0.25, 0.3) is 43.4 Å². The van der Waals surface area contributed by atoms with Crippen LogP contribution in [0.2, 0.25) is 0 Å². The largest absolute Gasteiger partial charge is 0.311 e. The van der Waals surface area contributed by atoms with Gasteiger partial charge in [0.25, 0.3) is 0 Å². The minimum absolute atomic E-state index is 1.12. The van der Waals surface area contributed by atoms with Gasteiger partial charge in [0.1, 0.15) is 0 Å². The third-order valence-electron chi connectivity index (χ3n) is 9.59. The summed E-state index contributed by atoms with van der Waals surface area (Å²) in [7, 11) is 0. The molecule has 0 spiro atoms. The normalized spacial score (nSPS) is 11.2. The molecular formula is C48H34N2. The van der Waals surface area contributed by atoms with Crippen LogP contribution in [-0.4, -0.2) is 0 Å². The van der Waals surface area contributed by atoms with Crippen LogP contribution < -0.4 is 9.80 Å². The first-order valence-corrected chi connectivity index (χ1v) is 17.1. The number of fused-ring (bicyclic) bond motifs is 6. The Morgan fingerprint density at radius 1 is 0.200 bits per heavy atom. The first-order valence-electron chi connectivity index (χ1n) is 17.1. The second kappa shape index (κ2) is 12.8. The standard InChI is InChI=1S/C48H34N2/c1-5-15-37(16-6-1)49(38-17-7-2-8-18-38)41-28-25-35(26-29-41)36-27-31-45-46-32-30-42(34-48(46)44-24-14-13-23-43(44)47(45)33-36)50(39-19-9-3-10-20-39)40-21-11-4-12-22-40/h1-34H. The zero-order chi connectivity index (χ0) is 33.3. The number of nitrogens with zero attached hydrogens (tertiary/aromatic N) is 2. The first-order chi connectivity index (χ1) is 24.8. The smallest absolute Gasteiger partial charge is 0.0468 e. The van der Waals surface area contributed by atoms with Crippen LogP contribution >= 0.6 is 0 Å². The van der Waals surface area contributed by atoms with E-state index in [9.17, 15) is 0 Å². The molecule has 0 aliphatic carbocycles. The molecule has 0 aliphatic rings. The molecule has 0 aliphatic heterocycles. The fraction of sp³-hybridized carbons (Fsp3) is 0. The summed E-state index contributed by atoms with van der Waals surface area (Å²) in [6.07, 6.45) is 0. The molecule has 9 aromatic rings. The van der Waals surface area contributed by atoms with Crippen LogP contribution in [0.4, 0.5) is 34.1 Å². The van der Waals surface area contributed by atoms with Crippen molar-refractivity contribution in [3.63, 3.8) is 0 Å². The molecule has 9 rings (SSSR count). The van der Waals surface area contributed by atoms with Crippen LogP contribution in [0.1, 0.15) is 0 Å². The van der Waals surface area contributed by atoms with E-state index in [0.29, 0.717) is 0 Å². The maximum absolute atomic E-state index is 2.37. The Labute approximate surface area is 292 Å². The van der Waals surface area contributed by atoms with Crippen molar-refractivity contribution < 1.29 is 0 Å². The van der Waals surface area contributed by atoms with E-state index in [4.69, 9.17) is 0 Å². The number of hydrogen-bond acceptors (Lipinski definition) is 2. The molecule has 0 amide bonds. The average Bonchev–Trinajstić information content (AvgIpc) is 3.20. The topological polar surface area (TPSA) is 6.48 Å². The summed E-state index contributed by atoms with van der Waals surface area (Å²) in [5.41, 5.74) is 9.19. The van der Waals surface area contributed by atoms with Gasteiger partial charge in [0.05, 0.1) is 0 Å². The Hall–Kier alpha value is -6.64. The van der Waals surface area contributed by atoms with Gasteiger partial charge in [-0.05, 0) is 122 Å². The Balaban J connectivity index is 1.15. The van der Waals surface area contributed by atoms with Gasteiger partial charge in [0.2, 0.25) is 0 Å². The van der Waals surface area contributed by atoms with Gasteiger partial charge in [-0.1, -0.05) is 127 Å². The Bertz CT molecular complexity index is 2460. The predicted molar refractivity (Wildman–Crippen MR) is 214 cm³/mol. The van der Waals surface area contributed by atoms with Crippen molar-refractivity contribution in [2.75, 3.05) is 9.80 Å². The molecule has 2 nitrogen and oxygen atoms in total. The van der Waals surface area contributed by atoms with E-state index in [2.05, 4.69) is 216 Å². The molecule has 2 heteroatoms. The van der Waals surface area contributed by atoms with Gasteiger partial charge >= 0.3 is 0 Å². The molecule has 0 N–H and O–H groups in total. The van der Waals surface area contributed by atoms with Crippen molar-refractivity contribution in [1.29, 1.82) is 0 Å². The number of para-hydroxylation sites is 4. The van der Waals surface area contributed by atoms with Crippen molar-refractivity contribution in [3.8, 4) is 11.1 Å². The highest BCUT2D eigenvalue weighted by atomic mass is 15.1. The van der Waals surface area contributed by atoms with Gasteiger partial charge in [0.15, 0.2) is 0 Å². The highest BCUT2D eigenvalue weighted by Gasteiger charge is 2.16. The molecular weight excluding hydrogens is 605 g/mol. The van der Waals surface area contributed by atoms with Crippen molar-refractivity contribution in [1.82, 2.24) is 0 Å². The van der Waals surface area contributed by atoms with Crippen LogP contribution in [0.15, 0.2) is 206 Å². The molecule has 0 atom stereocenters. The van der Waals surface area contributed by atoms with E-state index in [0.717, 1.165) is 34.1 Å². The lowest BCUT2D eigenvalue weighted by molar-refractivity contribution is 1.28. The first kappa shape index (κ1) is 29.5. The minimum Gasteiger partial charge on any atom is -0.311 e. The molecule has 0 fully saturated rings. The maximum atomic E-state index is 2.37. The number of hydrogen-bond donors (Lipinski definition) is 0. The molecule has 0 radical (unpaired) electrons. The second-order valence-corrected chi connectivity index (χ2v) is 12.6. The van der Waals surface area contributed by atoms with E-state index in [1.807, 2.05) is 0 Å². The lowest BCUT2D eigenvalue weighted by Gasteiger charge is -2.26. The van der Waals surface area contributed by atoms with Crippen LogP contribution in [0.3, 0.4) is 0 Å². The maximum Gasteiger partial charge on any atom is 0.0468 e. The van der Waals surface area contributed by atoms with E-state index >= 15 is 0 Å². The summed E-state index contributed by atoms with van der Waals surface area (Å²) in [5, 5.41) is 7.55. The summed E-state index contributed by atoms with van der Waals surface area (Å²) in [6.45, 7) is 0. The van der Waals surface area contributed by atoms with Crippen molar-refractivity contribution >= 4 is 66.4 Å². The molecule has 0 aromatic heterocycles. The monoisotopic (exact) mass is 638 g/mol. The third-order valence-corrected chi connectivity index (χ3v) is 9.59. The second-order valence-electron chi connectivity index (χ2n) is 12.6. The van der Waals surface area contributed by atoms with Gasteiger partial charge in [-0.2, -0.15) is 0 Å². The number of rotatable bonds is 7. The van der Waals surface area contributed by atoms with Gasteiger partial charge in [-0.3, -0.25) is 0 Å². The van der Waals surface area contributed by atoms with Crippen LogP contribution in [0.5, 0.6) is 0 Å². The fourth-order valence-corrected chi connectivity index (χ4v) is 7.27. The van der Waals surface area contributed by atoms with Crippen LogP contribution in [-0.2, 0) is 0 Å². The molecule has 0 heterocycles. The quantitative estimate of drug-likeness (QED) is 0.160. The van der Waals surface area contributed by atoms with E-state index in [1.165, 1.54) is 43.4 Å². The Morgan fingerprint density at radius 2 is 0.520 bits per heavy atom. The number of benzene rings is 9. The summed E-state index contributed by atoms with van der Waals surface area (Å²) < 4.78 is 0. The Kier molecular flexibility index (Phi) is 7.53. The van der Waals surface area contributed by atoms with Crippen molar-refractivity contribution in [2.45, 2.75) is 0 Å². The number of anilines is 6. The minimum atomic E-state index is 1.12. The molecule has 0 saturated heterocycles. The van der Waals surface area contributed by atoms with Crippen molar-refractivity contribution in [2.24, 2.45) is 0 Å². The van der Waals surface area contributed by atoms with E-state index in [1.54, 1.807) is 0 Å². The van der Waals surface area contributed by atoms with Gasteiger partial charge < -0.3 is 9.80 Å². The molecule has 9 aromatic carbocycles. The molecule has 0 bridgehead atoms. The van der Waals surface area contributed by atoms with Crippen molar-refractivity contribution in [3.05, 3.63) is 206 Å². The van der Waals surface area contributed by atoms with Gasteiger partial charge in [-0.15, -0.1) is 0 Å². The zero-order valence-electron chi connectivity index (χ0n) is 27.5. The molecule has 236 valence electrons. The highest BCUT2D eigenvalue weighted by molar-refractivity contribution is 6.26. The molecule has 0 saturated carbocycles. The lowest BCUT2D eigenvalue weighted by Crippen LogP contribution is -2.09.